The van der Waals surface area contributed by atoms with Crippen LogP contribution in [0.5, 0.6) is 0 Å². The monoisotopic (exact) mass is 199 g/mol. The van der Waals surface area contributed by atoms with Gasteiger partial charge in [-0.15, -0.1) is 0 Å². The van der Waals surface area contributed by atoms with Crippen molar-refractivity contribution in [3.8, 4) is 0 Å². The van der Waals surface area contributed by atoms with Gasteiger partial charge in [-0.05, 0) is 12.8 Å². The fourth-order valence-electron chi connectivity index (χ4n) is 1.79. The number of quaternary nitrogens is 1. The molecule has 0 aliphatic carbocycles. The molecular formula is C12H27N2+. The standard InChI is InChI=1S/C12H27N2/c1-4-6-10-14(3,11-7-5-2)12-8-9-13/h9,13H,4-8,10-12H2,1-3H3/q+1. The number of rotatable bonds is 9. The van der Waals surface area contributed by atoms with E-state index >= 15 is 0 Å². The Balaban J connectivity index is 3.95. The largest absolute Gasteiger partial charge is 0.326 e. The van der Waals surface area contributed by atoms with Crippen molar-refractivity contribution in [2.45, 2.75) is 46.0 Å². The van der Waals surface area contributed by atoms with Crippen molar-refractivity contribution in [1.29, 1.82) is 5.41 Å². The normalized spacial score (nSPS) is 11.6. The van der Waals surface area contributed by atoms with Crippen LogP contribution in [-0.2, 0) is 0 Å². The van der Waals surface area contributed by atoms with Gasteiger partial charge in [-0.2, -0.15) is 0 Å². The van der Waals surface area contributed by atoms with Crippen molar-refractivity contribution < 1.29 is 4.48 Å². The van der Waals surface area contributed by atoms with Crippen LogP contribution in [-0.4, -0.2) is 37.4 Å². The summed E-state index contributed by atoms with van der Waals surface area (Å²) in [5.74, 6) is 0. The van der Waals surface area contributed by atoms with Gasteiger partial charge < -0.3 is 9.89 Å². The van der Waals surface area contributed by atoms with E-state index in [4.69, 9.17) is 5.41 Å². The molecule has 0 aliphatic heterocycles. The molecule has 0 unspecified atom stereocenters. The fourth-order valence-corrected chi connectivity index (χ4v) is 1.79. The first-order valence-corrected chi connectivity index (χ1v) is 6.01. The van der Waals surface area contributed by atoms with Crippen molar-refractivity contribution in [2.24, 2.45) is 0 Å². The first-order chi connectivity index (χ1) is 6.68. The van der Waals surface area contributed by atoms with E-state index in [2.05, 4.69) is 20.9 Å². The van der Waals surface area contributed by atoms with Crippen LogP contribution in [0.2, 0.25) is 0 Å². The predicted molar refractivity (Wildman–Crippen MR) is 64.0 cm³/mol. The highest BCUT2D eigenvalue weighted by molar-refractivity contribution is 5.52. The van der Waals surface area contributed by atoms with Crippen molar-refractivity contribution in [3.05, 3.63) is 0 Å². The van der Waals surface area contributed by atoms with Crippen LogP contribution in [0.25, 0.3) is 0 Å². The Morgan fingerprint density at radius 1 is 1.00 bits per heavy atom. The lowest BCUT2D eigenvalue weighted by Gasteiger charge is -2.34. The maximum atomic E-state index is 7.10. The number of hydrogen-bond acceptors (Lipinski definition) is 1. The smallest absolute Gasteiger partial charge is 0.0834 e. The molecule has 0 aromatic carbocycles. The van der Waals surface area contributed by atoms with Crippen molar-refractivity contribution >= 4 is 6.21 Å². The van der Waals surface area contributed by atoms with Crippen LogP contribution in [0, 0.1) is 5.41 Å². The summed E-state index contributed by atoms with van der Waals surface area (Å²) in [7, 11) is 2.34. The number of hydrogen-bond donors (Lipinski definition) is 1. The van der Waals surface area contributed by atoms with E-state index in [9.17, 15) is 0 Å². The van der Waals surface area contributed by atoms with E-state index in [0.29, 0.717) is 0 Å². The van der Waals surface area contributed by atoms with E-state index in [0.717, 1.165) is 17.4 Å². The molecule has 1 N–H and O–H groups in total. The maximum absolute atomic E-state index is 7.10. The van der Waals surface area contributed by atoms with E-state index in [1.807, 2.05) is 0 Å². The second-order valence-electron chi connectivity index (χ2n) is 4.49. The summed E-state index contributed by atoms with van der Waals surface area (Å²) in [5, 5.41) is 7.10. The lowest BCUT2D eigenvalue weighted by molar-refractivity contribution is -0.909. The average molecular weight is 199 g/mol. The minimum atomic E-state index is 0.934. The quantitative estimate of drug-likeness (QED) is 0.436. The van der Waals surface area contributed by atoms with Crippen molar-refractivity contribution in [1.82, 2.24) is 0 Å². The van der Waals surface area contributed by atoms with Gasteiger partial charge in [0.2, 0.25) is 0 Å². The van der Waals surface area contributed by atoms with E-state index in [-0.39, 0.29) is 0 Å². The first kappa shape index (κ1) is 13.6. The zero-order valence-corrected chi connectivity index (χ0v) is 10.2. The Morgan fingerprint density at radius 2 is 1.50 bits per heavy atom. The molecule has 0 fully saturated rings. The van der Waals surface area contributed by atoms with Crippen LogP contribution >= 0.6 is 0 Å². The highest BCUT2D eigenvalue weighted by Gasteiger charge is 2.18. The summed E-state index contributed by atoms with van der Waals surface area (Å²) in [4.78, 5) is 0. The molecule has 0 rings (SSSR count). The summed E-state index contributed by atoms with van der Waals surface area (Å²) in [6, 6.07) is 0. The van der Waals surface area contributed by atoms with Crippen LogP contribution in [0.3, 0.4) is 0 Å². The van der Waals surface area contributed by atoms with E-state index < -0.39 is 0 Å². The second kappa shape index (κ2) is 7.98. The van der Waals surface area contributed by atoms with Gasteiger partial charge in [-0.25, -0.2) is 0 Å². The maximum Gasteiger partial charge on any atom is 0.0834 e. The molecule has 0 amide bonds. The summed E-state index contributed by atoms with van der Waals surface area (Å²) < 4.78 is 1.16. The molecule has 2 nitrogen and oxygen atoms in total. The molecule has 0 heterocycles. The Labute approximate surface area is 89.4 Å². The molecule has 84 valence electrons. The third kappa shape index (κ3) is 6.14. The average Bonchev–Trinajstić information content (AvgIpc) is 2.21. The lowest BCUT2D eigenvalue weighted by Crippen LogP contribution is -2.46. The van der Waals surface area contributed by atoms with Crippen LogP contribution in [0.15, 0.2) is 0 Å². The van der Waals surface area contributed by atoms with Crippen LogP contribution in [0.1, 0.15) is 46.0 Å². The Morgan fingerprint density at radius 3 is 1.86 bits per heavy atom. The van der Waals surface area contributed by atoms with E-state index in [1.165, 1.54) is 38.8 Å². The predicted octanol–water partition coefficient (Wildman–Crippen LogP) is 3.07. The van der Waals surface area contributed by atoms with Gasteiger partial charge in [0.1, 0.15) is 0 Å². The zero-order chi connectivity index (χ0) is 10.9. The number of nitrogens with zero attached hydrogens (tertiary/aromatic N) is 1. The minimum absolute atomic E-state index is 0.934. The first-order valence-electron chi connectivity index (χ1n) is 6.01. The molecule has 0 radical (unpaired) electrons. The highest BCUT2D eigenvalue weighted by atomic mass is 15.3. The fraction of sp³-hybridized carbons (Fsp3) is 0.917. The number of unbranched alkanes of at least 4 members (excludes halogenated alkanes) is 2. The molecule has 2 heteroatoms. The minimum Gasteiger partial charge on any atom is -0.326 e. The molecule has 0 aromatic heterocycles. The summed E-state index contributed by atoms with van der Waals surface area (Å²) in [6.07, 6.45) is 7.68. The molecule has 0 saturated heterocycles. The molecule has 14 heavy (non-hydrogen) atoms. The van der Waals surface area contributed by atoms with Gasteiger partial charge in [-0.1, -0.05) is 26.7 Å². The number of nitrogens with one attached hydrogen (secondary N) is 1. The van der Waals surface area contributed by atoms with E-state index in [1.54, 1.807) is 6.21 Å². The Bertz CT molecular complexity index is 135. The van der Waals surface area contributed by atoms with Crippen LogP contribution in [0.4, 0.5) is 0 Å². The Kier molecular flexibility index (Phi) is 7.77. The molecule has 0 saturated carbocycles. The molecule has 0 aliphatic rings. The third-order valence-electron chi connectivity index (χ3n) is 2.92. The van der Waals surface area contributed by atoms with Gasteiger partial charge in [0.15, 0.2) is 0 Å². The van der Waals surface area contributed by atoms with Crippen molar-refractivity contribution in [3.63, 3.8) is 0 Å². The van der Waals surface area contributed by atoms with Gasteiger partial charge in [-0.3, -0.25) is 0 Å². The molecule has 0 atom stereocenters. The van der Waals surface area contributed by atoms with Crippen LogP contribution < -0.4 is 0 Å². The topological polar surface area (TPSA) is 23.9 Å². The van der Waals surface area contributed by atoms with Gasteiger partial charge >= 0.3 is 0 Å². The molecule has 0 spiro atoms. The highest BCUT2D eigenvalue weighted by Crippen LogP contribution is 2.09. The molecular weight excluding hydrogens is 172 g/mol. The summed E-state index contributed by atoms with van der Waals surface area (Å²) >= 11 is 0. The summed E-state index contributed by atoms with van der Waals surface area (Å²) in [6.45, 7) is 8.21. The molecule has 0 aromatic rings. The Hall–Kier alpha value is -0.370. The van der Waals surface area contributed by atoms with Gasteiger partial charge in [0, 0.05) is 12.6 Å². The van der Waals surface area contributed by atoms with Gasteiger partial charge in [0.25, 0.3) is 0 Å². The zero-order valence-electron chi connectivity index (χ0n) is 10.2. The summed E-state index contributed by atoms with van der Waals surface area (Å²) in [5.41, 5.74) is 0. The lowest BCUT2D eigenvalue weighted by atomic mass is 10.2. The molecule has 0 bridgehead atoms. The second-order valence-corrected chi connectivity index (χ2v) is 4.49. The van der Waals surface area contributed by atoms with Gasteiger partial charge in [0.05, 0.1) is 26.7 Å². The third-order valence-corrected chi connectivity index (χ3v) is 2.92. The SMILES string of the molecule is CCCC[N+](C)(CCC=N)CCCC. The van der Waals surface area contributed by atoms with Crippen molar-refractivity contribution in [2.75, 3.05) is 26.7 Å².